The van der Waals surface area contributed by atoms with Crippen LogP contribution in [0.4, 0.5) is 0 Å². The van der Waals surface area contributed by atoms with E-state index in [1.54, 1.807) is 0 Å². The molecule has 0 aliphatic heterocycles. The van der Waals surface area contributed by atoms with E-state index in [9.17, 15) is 4.79 Å². The van der Waals surface area contributed by atoms with Gasteiger partial charge < -0.3 is 0 Å². The molecule has 0 spiro atoms. The smallest absolute Gasteiger partial charge is 0.140 e. The Morgan fingerprint density at radius 1 is 1.19 bits per heavy atom. The monoisotopic (exact) mass is 218 g/mol. The minimum absolute atomic E-state index is 0.264. The molecular formula is C15H22O. The quantitative estimate of drug-likeness (QED) is 0.675. The van der Waals surface area contributed by atoms with Gasteiger partial charge in [-0.1, -0.05) is 57.0 Å². The Labute approximate surface area is 98.9 Å². The van der Waals surface area contributed by atoms with Gasteiger partial charge in [-0.3, -0.25) is 4.79 Å². The van der Waals surface area contributed by atoms with Gasteiger partial charge in [0.2, 0.25) is 0 Å². The third-order valence-electron chi connectivity index (χ3n) is 3.08. The first-order chi connectivity index (χ1) is 7.77. The zero-order chi connectivity index (χ0) is 11.8. The number of rotatable bonds is 7. The van der Waals surface area contributed by atoms with E-state index in [2.05, 4.69) is 13.8 Å². The molecule has 1 atom stereocenters. The molecule has 0 amide bonds. The molecule has 1 aromatic rings. The first-order valence-electron chi connectivity index (χ1n) is 6.34. The summed E-state index contributed by atoms with van der Waals surface area (Å²) in [4.78, 5) is 12.0. The normalized spacial score (nSPS) is 12.4. The summed E-state index contributed by atoms with van der Waals surface area (Å²) < 4.78 is 0. The van der Waals surface area contributed by atoms with Crippen molar-refractivity contribution in [2.45, 2.75) is 46.0 Å². The molecule has 1 unspecified atom stereocenters. The molecule has 1 aromatic carbocycles. The Morgan fingerprint density at radius 2 is 1.88 bits per heavy atom. The van der Waals surface area contributed by atoms with Crippen molar-refractivity contribution in [2.75, 3.05) is 0 Å². The molecule has 0 N–H and O–H groups in total. The van der Waals surface area contributed by atoms with Crippen LogP contribution in [0, 0.1) is 5.92 Å². The third kappa shape index (κ3) is 4.18. The van der Waals surface area contributed by atoms with Gasteiger partial charge in [0.25, 0.3) is 0 Å². The van der Waals surface area contributed by atoms with Gasteiger partial charge in [0.15, 0.2) is 0 Å². The highest BCUT2D eigenvalue weighted by atomic mass is 16.1. The summed E-state index contributed by atoms with van der Waals surface area (Å²) in [7, 11) is 0. The molecule has 0 aliphatic carbocycles. The number of carbonyl (C=O) groups excluding carboxylic acids is 1. The van der Waals surface area contributed by atoms with E-state index in [1.807, 2.05) is 30.3 Å². The highest BCUT2D eigenvalue weighted by molar-refractivity contribution is 5.83. The molecule has 0 fully saturated rings. The van der Waals surface area contributed by atoms with Crippen LogP contribution in [0.25, 0.3) is 0 Å². The van der Waals surface area contributed by atoms with Crippen LogP contribution in [0.3, 0.4) is 0 Å². The maximum Gasteiger partial charge on any atom is 0.140 e. The zero-order valence-electron chi connectivity index (χ0n) is 10.4. The number of hydrogen-bond acceptors (Lipinski definition) is 1. The SMILES string of the molecule is CCCCC(CC)C(=O)Cc1ccccc1. The van der Waals surface area contributed by atoms with Crippen LogP contribution >= 0.6 is 0 Å². The topological polar surface area (TPSA) is 17.1 Å². The summed E-state index contributed by atoms with van der Waals surface area (Å²) in [6.45, 7) is 4.29. The Balaban J connectivity index is 2.49. The standard InChI is InChI=1S/C15H22O/c1-3-5-11-14(4-2)15(16)12-13-9-7-6-8-10-13/h6-10,14H,3-5,11-12H2,1-2H3. The van der Waals surface area contributed by atoms with Crippen LogP contribution in [0.1, 0.15) is 45.1 Å². The van der Waals surface area contributed by atoms with E-state index >= 15 is 0 Å². The number of Topliss-reactive ketones (excluding diaryl/α,β-unsaturated/α-hetero) is 1. The molecule has 0 saturated carbocycles. The lowest BCUT2D eigenvalue weighted by molar-refractivity contribution is -0.122. The Kier molecular flexibility index (Phi) is 5.84. The largest absolute Gasteiger partial charge is 0.299 e. The fraction of sp³-hybridized carbons (Fsp3) is 0.533. The highest BCUT2D eigenvalue weighted by Gasteiger charge is 2.15. The van der Waals surface area contributed by atoms with Gasteiger partial charge in [0, 0.05) is 12.3 Å². The molecule has 0 bridgehead atoms. The van der Waals surface area contributed by atoms with Crippen molar-refractivity contribution in [3.8, 4) is 0 Å². The van der Waals surface area contributed by atoms with Gasteiger partial charge >= 0.3 is 0 Å². The second-order valence-corrected chi connectivity index (χ2v) is 4.38. The van der Waals surface area contributed by atoms with E-state index in [1.165, 1.54) is 12.8 Å². The molecule has 88 valence electrons. The fourth-order valence-corrected chi connectivity index (χ4v) is 1.98. The molecular weight excluding hydrogens is 196 g/mol. The van der Waals surface area contributed by atoms with E-state index in [-0.39, 0.29) is 5.92 Å². The summed E-state index contributed by atoms with van der Waals surface area (Å²) in [5.74, 6) is 0.669. The molecule has 0 heterocycles. The van der Waals surface area contributed by atoms with Gasteiger partial charge in [-0.05, 0) is 18.4 Å². The molecule has 0 radical (unpaired) electrons. The van der Waals surface area contributed by atoms with Crippen LogP contribution < -0.4 is 0 Å². The van der Waals surface area contributed by atoms with Crippen LogP contribution in [-0.2, 0) is 11.2 Å². The number of unbranched alkanes of at least 4 members (excludes halogenated alkanes) is 1. The van der Waals surface area contributed by atoms with Crippen LogP contribution in [0.2, 0.25) is 0 Å². The lowest BCUT2D eigenvalue weighted by Crippen LogP contribution is -2.16. The first kappa shape index (κ1) is 13.0. The van der Waals surface area contributed by atoms with E-state index in [0.717, 1.165) is 18.4 Å². The van der Waals surface area contributed by atoms with Gasteiger partial charge in [-0.2, -0.15) is 0 Å². The first-order valence-corrected chi connectivity index (χ1v) is 6.34. The predicted octanol–water partition coefficient (Wildman–Crippen LogP) is 4.01. The van der Waals surface area contributed by atoms with Crippen molar-refractivity contribution in [3.05, 3.63) is 35.9 Å². The summed E-state index contributed by atoms with van der Waals surface area (Å²) in [5, 5.41) is 0. The van der Waals surface area contributed by atoms with E-state index in [0.29, 0.717) is 12.2 Å². The molecule has 16 heavy (non-hydrogen) atoms. The Bertz CT molecular complexity index is 302. The summed E-state index contributed by atoms with van der Waals surface area (Å²) in [6.07, 6.45) is 4.97. The van der Waals surface area contributed by atoms with Crippen LogP contribution in [-0.4, -0.2) is 5.78 Å². The van der Waals surface area contributed by atoms with E-state index < -0.39 is 0 Å². The van der Waals surface area contributed by atoms with Crippen molar-refractivity contribution in [1.29, 1.82) is 0 Å². The number of hydrogen-bond donors (Lipinski definition) is 0. The highest BCUT2D eigenvalue weighted by Crippen LogP contribution is 2.16. The number of ketones is 1. The molecule has 0 aliphatic rings. The summed E-state index contributed by atoms with van der Waals surface area (Å²) in [5.41, 5.74) is 1.14. The summed E-state index contributed by atoms with van der Waals surface area (Å²) in [6, 6.07) is 10.0. The van der Waals surface area contributed by atoms with Crippen molar-refractivity contribution < 1.29 is 4.79 Å². The molecule has 0 saturated heterocycles. The third-order valence-corrected chi connectivity index (χ3v) is 3.08. The Hall–Kier alpha value is -1.11. The van der Waals surface area contributed by atoms with Crippen molar-refractivity contribution in [2.24, 2.45) is 5.92 Å². The van der Waals surface area contributed by atoms with Gasteiger partial charge in [-0.25, -0.2) is 0 Å². The second-order valence-electron chi connectivity index (χ2n) is 4.38. The van der Waals surface area contributed by atoms with Crippen LogP contribution in [0.5, 0.6) is 0 Å². The zero-order valence-corrected chi connectivity index (χ0v) is 10.4. The lowest BCUT2D eigenvalue weighted by atomic mass is 9.91. The Morgan fingerprint density at radius 3 is 2.44 bits per heavy atom. The van der Waals surface area contributed by atoms with Gasteiger partial charge in [-0.15, -0.1) is 0 Å². The van der Waals surface area contributed by atoms with Gasteiger partial charge in [0.05, 0.1) is 0 Å². The van der Waals surface area contributed by atoms with Crippen molar-refractivity contribution >= 4 is 5.78 Å². The average Bonchev–Trinajstić information content (AvgIpc) is 2.31. The van der Waals surface area contributed by atoms with Gasteiger partial charge in [0.1, 0.15) is 5.78 Å². The van der Waals surface area contributed by atoms with E-state index in [4.69, 9.17) is 0 Å². The van der Waals surface area contributed by atoms with Crippen molar-refractivity contribution in [3.63, 3.8) is 0 Å². The molecule has 1 nitrogen and oxygen atoms in total. The predicted molar refractivity (Wildman–Crippen MR) is 68.5 cm³/mol. The maximum absolute atomic E-state index is 12.0. The molecule has 0 aromatic heterocycles. The maximum atomic E-state index is 12.0. The number of benzene rings is 1. The summed E-state index contributed by atoms with van der Waals surface area (Å²) >= 11 is 0. The number of carbonyl (C=O) groups is 1. The minimum Gasteiger partial charge on any atom is -0.299 e. The van der Waals surface area contributed by atoms with Crippen molar-refractivity contribution in [1.82, 2.24) is 0 Å². The average molecular weight is 218 g/mol. The second kappa shape index (κ2) is 7.21. The lowest BCUT2D eigenvalue weighted by Gasteiger charge is -2.12. The van der Waals surface area contributed by atoms with Crippen LogP contribution in [0.15, 0.2) is 30.3 Å². The fourth-order valence-electron chi connectivity index (χ4n) is 1.98. The molecule has 1 heteroatoms. The molecule has 1 rings (SSSR count). The minimum atomic E-state index is 0.264.